The van der Waals surface area contributed by atoms with Gasteiger partial charge in [-0.25, -0.2) is 18.4 Å². The molecule has 5 rings (SSSR count). The quantitative estimate of drug-likeness (QED) is 0.517. The van der Waals surface area contributed by atoms with Gasteiger partial charge < -0.3 is 10.6 Å². The number of allylic oxidation sites excluding steroid dienone is 5. The molecule has 1 aliphatic heterocycles. The number of hydrogen-bond donors (Lipinski definition) is 2. The van der Waals surface area contributed by atoms with Crippen LogP contribution in [0, 0.1) is 12.8 Å². The maximum absolute atomic E-state index is 13.3. The minimum Gasteiger partial charge on any atom is -0.352 e. The lowest BCUT2D eigenvalue weighted by molar-refractivity contribution is -0.126. The zero-order valence-corrected chi connectivity index (χ0v) is 22.9. The second-order valence-corrected chi connectivity index (χ2v) is 13.6. The van der Waals surface area contributed by atoms with Gasteiger partial charge in [-0.3, -0.25) is 14.4 Å². The number of aryl methyl sites for hydroxylation is 1. The second-order valence-electron chi connectivity index (χ2n) is 9.98. The molecule has 1 fully saturated rings. The molecule has 0 saturated heterocycles. The molecule has 2 heterocycles. The second kappa shape index (κ2) is 10.0. The molecule has 3 amide bonds. The fourth-order valence-electron chi connectivity index (χ4n) is 4.38. The van der Waals surface area contributed by atoms with Gasteiger partial charge in [0.1, 0.15) is 5.01 Å². The number of nitrogens with one attached hydrogen (secondary N) is 2. The molecule has 1 aromatic carbocycles. The first-order valence-electron chi connectivity index (χ1n) is 12.4. The minimum atomic E-state index is -3.92. The summed E-state index contributed by atoms with van der Waals surface area (Å²) < 4.78 is 27.3. The predicted molar refractivity (Wildman–Crippen MR) is 148 cm³/mol. The van der Waals surface area contributed by atoms with E-state index in [-0.39, 0.29) is 35.3 Å². The highest BCUT2D eigenvalue weighted by Gasteiger charge is 2.39. The van der Waals surface area contributed by atoms with Crippen LogP contribution in [0.4, 0.5) is 0 Å². The van der Waals surface area contributed by atoms with Crippen molar-refractivity contribution in [2.24, 2.45) is 10.9 Å². The fourth-order valence-corrected chi connectivity index (χ4v) is 7.15. The van der Waals surface area contributed by atoms with Gasteiger partial charge >= 0.3 is 0 Å². The molecule has 3 aliphatic rings. The predicted octanol–water partition coefficient (Wildman–Crippen LogP) is 2.97. The molecule has 2 N–H and O–H groups in total. The molecule has 0 radical (unpaired) electrons. The number of nitrogens with zero attached hydrogens (tertiary/aromatic N) is 2. The Labute approximate surface area is 224 Å². The van der Waals surface area contributed by atoms with Crippen LogP contribution >= 0.6 is 11.3 Å². The summed E-state index contributed by atoms with van der Waals surface area (Å²) in [5, 5.41) is 3.12. The average molecular weight is 553 g/mol. The molecule has 0 bridgehead atoms. The number of carbonyl (C=O) groups excluding carboxylic acids is 3. The van der Waals surface area contributed by atoms with Gasteiger partial charge in [0.15, 0.2) is 15.1 Å². The molecule has 2 atom stereocenters. The Hall–Kier alpha value is -3.44. The summed E-state index contributed by atoms with van der Waals surface area (Å²) in [6, 6.07) is 3.96. The molecular weight excluding hydrogens is 524 g/mol. The van der Waals surface area contributed by atoms with Gasteiger partial charge in [0, 0.05) is 18.0 Å². The summed E-state index contributed by atoms with van der Waals surface area (Å²) in [6.45, 7) is 4.70. The van der Waals surface area contributed by atoms with Gasteiger partial charge in [-0.2, -0.15) is 0 Å². The lowest BCUT2D eigenvalue weighted by Crippen LogP contribution is -2.42. The Morgan fingerprint density at radius 3 is 2.63 bits per heavy atom. The zero-order chi connectivity index (χ0) is 27.2. The van der Waals surface area contributed by atoms with Crippen LogP contribution in [-0.4, -0.2) is 54.7 Å². The Morgan fingerprint density at radius 1 is 1.16 bits per heavy atom. The maximum Gasteiger partial charge on any atom is 0.269 e. The van der Waals surface area contributed by atoms with Crippen LogP contribution in [-0.2, 0) is 24.2 Å². The Morgan fingerprint density at radius 2 is 1.92 bits per heavy atom. The van der Waals surface area contributed by atoms with E-state index in [9.17, 15) is 22.8 Å². The van der Waals surface area contributed by atoms with Crippen molar-refractivity contribution in [3.8, 4) is 0 Å². The van der Waals surface area contributed by atoms with Crippen LogP contribution in [0.25, 0.3) is 15.8 Å². The summed E-state index contributed by atoms with van der Waals surface area (Å²) >= 11 is 1.16. The van der Waals surface area contributed by atoms with Gasteiger partial charge in [0.05, 0.1) is 27.7 Å². The van der Waals surface area contributed by atoms with Crippen LogP contribution in [0.15, 0.2) is 47.5 Å². The van der Waals surface area contributed by atoms with E-state index in [0.717, 1.165) is 45.6 Å². The molecule has 11 heteroatoms. The zero-order valence-electron chi connectivity index (χ0n) is 21.2. The molecule has 2 aliphatic carbocycles. The first-order valence-corrected chi connectivity index (χ1v) is 14.9. The third kappa shape index (κ3) is 5.25. The van der Waals surface area contributed by atoms with E-state index in [1.807, 2.05) is 43.4 Å². The number of dihydropyridines is 1. The third-order valence-corrected chi connectivity index (χ3v) is 10.3. The SMILES string of the molecule is Cc1cc2nc(C(C(=O)NCC(=O)NC3CC3)S(=O)(=O)C(C)C)sc2cc1C1=CC2C=CC(=O)N=C2C=C1. The molecular formula is C27H28N4O5S2. The highest BCUT2D eigenvalue weighted by Crippen LogP contribution is 2.37. The average Bonchev–Trinajstić information content (AvgIpc) is 3.58. The molecule has 1 aromatic heterocycles. The number of amides is 3. The van der Waals surface area contributed by atoms with Gasteiger partial charge in [-0.15, -0.1) is 11.3 Å². The Balaban J connectivity index is 1.46. The number of aliphatic imine (C=N–C) groups is 1. The molecule has 2 unspecified atom stereocenters. The normalized spacial score (nSPS) is 19.7. The molecule has 2 aromatic rings. The largest absolute Gasteiger partial charge is 0.352 e. The van der Waals surface area contributed by atoms with Crippen molar-refractivity contribution < 1.29 is 22.8 Å². The number of aromatic nitrogens is 1. The summed E-state index contributed by atoms with van der Waals surface area (Å²) in [7, 11) is -3.92. The van der Waals surface area contributed by atoms with Crippen molar-refractivity contribution in [1.29, 1.82) is 0 Å². The summed E-state index contributed by atoms with van der Waals surface area (Å²) in [6.07, 6.45) is 10.9. The van der Waals surface area contributed by atoms with Crippen molar-refractivity contribution >= 4 is 60.4 Å². The number of rotatable bonds is 8. The van der Waals surface area contributed by atoms with E-state index in [1.165, 1.54) is 19.9 Å². The smallest absolute Gasteiger partial charge is 0.269 e. The molecule has 1 saturated carbocycles. The summed E-state index contributed by atoms with van der Waals surface area (Å²) in [4.78, 5) is 45.4. The van der Waals surface area contributed by atoms with E-state index < -0.39 is 26.2 Å². The van der Waals surface area contributed by atoms with Crippen LogP contribution < -0.4 is 10.6 Å². The number of thiazole rings is 1. The molecule has 38 heavy (non-hydrogen) atoms. The van der Waals surface area contributed by atoms with Crippen LogP contribution in [0.1, 0.15) is 48.1 Å². The first-order chi connectivity index (χ1) is 18.0. The van der Waals surface area contributed by atoms with E-state index >= 15 is 0 Å². The lowest BCUT2D eigenvalue weighted by atomic mass is 9.88. The van der Waals surface area contributed by atoms with Crippen LogP contribution in [0.2, 0.25) is 0 Å². The highest BCUT2D eigenvalue weighted by molar-refractivity contribution is 7.93. The Bertz CT molecular complexity index is 1580. The first kappa shape index (κ1) is 26.2. The maximum atomic E-state index is 13.3. The number of sulfone groups is 1. The number of carbonyl (C=O) groups is 3. The van der Waals surface area contributed by atoms with Gasteiger partial charge in [-0.05, 0) is 68.5 Å². The van der Waals surface area contributed by atoms with Gasteiger partial charge in [0.2, 0.25) is 11.8 Å². The standard InChI is InChI=1S/C27H28N4O5S2/c1-14(2)38(35,36)25(26(34)28-13-24(33)29-18-6-7-18)27-31-21-10-15(3)19(12-22(21)37-27)16-4-8-20-17(11-16)5-9-23(32)30-20/h4-5,8-12,14,17-18,25H,6-7,13H2,1-3H3,(H,28,34)(H,29,33). The van der Waals surface area contributed by atoms with Crippen molar-refractivity contribution in [3.63, 3.8) is 0 Å². The van der Waals surface area contributed by atoms with Crippen molar-refractivity contribution in [3.05, 3.63) is 58.6 Å². The third-order valence-electron chi connectivity index (χ3n) is 6.70. The lowest BCUT2D eigenvalue weighted by Gasteiger charge is -2.19. The monoisotopic (exact) mass is 552 g/mol. The van der Waals surface area contributed by atoms with E-state index in [2.05, 4.69) is 20.6 Å². The number of benzene rings is 1. The highest BCUT2D eigenvalue weighted by atomic mass is 32.2. The fraction of sp³-hybridized carbons (Fsp3) is 0.370. The van der Waals surface area contributed by atoms with Crippen molar-refractivity contribution in [2.75, 3.05) is 6.54 Å². The number of hydrogen-bond acceptors (Lipinski definition) is 7. The molecule has 198 valence electrons. The Kier molecular flexibility index (Phi) is 6.91. The number of fused-ring (bicyclic) bond motifs is 2. The van der Waals surface area contributed by atoms with Crippen molar-refractivity contribution in [2.45, 2.75) is 50.2 Å². The van der Waals surface area contributed by atoms with Crippen molar-refractivity contribution in [1.82, 2.24) is 15.6 Å². The van der Waals surface area contributed by atoms with E-state index in [1.54, 1.807) is 0 Å². The molecule has 0 spiro atoms. The van der Waals surface area contributed by atoms with Crippen LogP contribution in [0.5, 0.6) is 0 Å². The minimum absolute atomic E-state index is 0.0961. The topological polar surface area (TPSA) is 135 Å². The van der Waals surface area contributed by atoms with E-state index in [0.29, 0.717) is 11.2 Å². The van der Waals surface area contributed by atoms with Crippen LogP contribution in [0.3, 0.4) is 0 Å². The van der Waals surface area contributed by atoms with Gasteiger partial charge in [-0.1, -0.05) is 18.2 Å². The van der Waals surface area contributed by atoms with Gasteiger partial charge in [0.25, 0.3) is 5.91 Å². The summed E-state index contributed by atoms with van der Waals surface area (Å²) in [5.41, 5.74) is 4.12. The summed E-state index contributed by atoms with van der Waals surface area (Å²) in [5.74, 6) is -1.47. The molecule has 9 nitrogen and oxygen atoms in total. The van der Waals surface area contributed by atoms with E-state index in [4.69, 9.17) is 0 Å².